The van der Waals surface area contributed by atoms with Gasteiger partial charge in [-0.25, -0.2) is 0 Å². The molecule has 1 N–H and O–H groups in total. The Morgan fingerprint density at radius 2 is 2.29 bits per heavy atom. The van der Waals surface area contributed by atoms with Crippen molar-refractivity contribution in [3.63, 3.8) is 0 Å². The van der Waals surface area contributed by atoms with Gasteiger partial charge >= 0.3 is 5.97 Å². The van der Waals surface area contributed by atoms with E-state index in [-0.39, 0.29) is 5.92 Å². The minimum atomic E-state index is -0.654. The lowest BCUT2D eigenvalue weighted by Gasteiger charge is -2.37. The first-order valence-corrected chi connectivity index (χ1v) is 5.32. The molecule has 4 nitrogen and oxygen atoms in total. The number of nitrogens with zero attached hydrogens (tertiary/aromatic N) is 1. The minimum Gasteiger partial charge on any atom is -0.481 e. The summed E-state index contributed by atoms with van der Waals surface area (Å²) in [5.41, 5.74) is 0. The van der Waals surface area contributed by atoms with Crippen molar-refractivity contribution in [1.82, 2.24) is 4.90 Å². The monoisotopic (exact) mass is 199 g/mol. The predicted molar refractivity (Wildman–Crippen MR) is 51.2 cm³/mol. The van der Waals surface area contributed by atoms with Gasteiger partial charge in [0, 0.05) is 26.2 Å². The van der Waals surface area contributed by atoms with Crippen LogP contribution in [0.2, 0.25) is 0 Å². The Morgan fingerprint density at radius 3 is 2.86 bits per heavy atom. The van der Waals surface area contributed by atoms with Crippen molar-refractivity contribution in [1.29, 1.82) is 0 Å². The smallest absolute Gasteiger partial charge is 0.309 e. The van der Waals surface area contributed by atoms with Crippen molar-refractivity contribution in [2.24, 2.45) is 5.92 Å². The van der Waals surface area contributed by atoms with Crippen LogP contribution in [0.25, 0.3) is 0 Å². The first kappa shape index (κ1) is 9.93. The highest BCUT2D eigenvalue weighted by Gasteiger charge is 2.32. The molecule has 2 saturated heterocycles. The van der Waals surface area contributed by atoms with Gasteiger partial charge in [-0.05, 0) is 19.3 Å². The quantitative estimate of drug-likeness (QED) is 0.719. The Bertz CT molecular complexity index is 207. The van der Waals surface area contributed by atoms with Crippen molar-refractivity contribution >= 4 is 5.97 Å². The van der Waals surface area contributed by atoms with Gasteiger partial charge in [0.2, 0.25) is 0 Å². The fraction of sp³-hybridized carbons (Fsp3) is 0.900. The molecule has 0 aromatic heterocycles. The van der Waals surface area contributed by atoms with Crippen molar-refractivity contribution in [3.05, 3.63) is 0 Å². The molecule has 0 saturated carbocycles. The Morgan fingerprint density at radius 1 is 1.50 bits per heavy atom. The van der Waals surface area contributed by atoms with Crippen molar-refractivity contribution < 1.29 is 14.6 Å². The maximum Gasteiger partial charge on any atom is 0.309 e. The van der Waals surface area contributed by atoms with E-state index < -0.39 is 5.97 Å². The number of aliphatic carboxylic acids is 1. The maximum absolute atomic E-state index is 10.5. The van der Waals surface area contributed by atoms with E-state index in [1.807, 2.05) is 0 Å². The van der Waals surface area contributed by atoms with E-state index in [9.17, 15) is 4.79 Å². The molecule has 2 aliphatic rings. The molecule has 2 fully saturated rings. The molecule has 0 radical (unpaired) electrons. The highest BCUT2D eigenvalue weighted by atomic mass is 16.5. The summed E-state index contributed by atoms with van der Waals surface area (Å²) in [5, 5.41) is 8.68. The van der Waals surface area contributed by atoms with Gasteiger partial charge in [-0.3, -0.25) is 4.79 Å². The molecule has 2 rings (SSSR count). The van der Waals surface area contributed by atoms with Crippen LogP contribution in [0, 0.1) is 5.92 Å². The molecule has 0 spiro atoms. The third kappa shape index (κ3) is 2.25. The summed E-state index contributed by atoms with van der Waals surface area (Å²) >= 11 is 0. The van der Waals surface area contributed by atoms with Crippen LogP contribution in [-0.2, 0) is 9.53 Å². The first-order chi connectivity index (χ1) is 6.75. The van der Waals surface area contributed by atoms with E-state index in [2.05, 4.69) is 4.90 Å². The van der Waals surface area contributed by atoms with Gasteiger partial charge in [0.05, 0.1) is 12.0 Å². The molecule has 4 heteroatoms. The number of hydrogen-bond donors (Lipinski definition) is 1. The lowest BCUT2D eigenvalue weighted by molar-refractivity contribution is -0.147. The van der Waals surface area contributed by atoms with Gasteiger partial charge in [-0.1, -0.05) is 0 Å². The Labute approximate surface area is 83.8 Å². The maximum atomic E-state index is 10.5. The van der Waals surface area contributed by atoms with Crippen LogP contribution < -0.4 is 0 Å². The second-order valence-electron chi connectivity index (χ2n) is 4.22. The average Bonchev–Trinajstić information content (AvgIpc) is 2.52. The zero-order chi connectivity index (χ0) is 9.97. The summed E-state index contributed by atoms with van der Waals surface area (Å²) in [4.78, 5) is 12.7. The standard InChI is InChI=1S/C10H17NO3/c12-10(13)8-6-11(7-8)4-3-9-2-1-5-14-9/h8-9H,1-7H2,(H,12,13). The molecule has 1 unspecified atom stereocenters. The van der Waals surface area contributed by atoms with E-state index in [1.165, 1.54) is 12.8 Å². The van der Waals surface area contributed by atoms with Crippen LogP contribution in [0.5, 0.6) is 0 Å². The van der Waals surface area contributed by atoms with E-state index in [0.29, 0.717) is 6.10 Å². The Hall–Kier alpha value is -0.610. The molecule has 0 aromatic carbocycles. The molecule has 0 amide bonds. The molecule has 80 valence electrons. The number of carboxylic acid groups (broad SMARTS) is 1. The van der Waals surface area contributed by atoms with Gasteiger partial charge in [0.15, 0.2) is 0 Å². The third-order valence-electron chi connectivity index (χ3n) is 3.10. The van der Waals surface area contributed by atoms with Crippen LogP contribution in [-0.4, -0.2) is 48.3 Å². The Kier molecular flexibility index (Phi) is 3.03. The molecule has 0 bridgehead atoms. The molecular formula is C10H17NO3. The number of hydrogen-bond acceptors (Lipinski definition) is 3. The number of carbonyl (C=O) groups is 1. The SMILES string of the molecule is O=C(O)C1CN(CCC2CCCO2)C1. The van der Waals surface area contributed by atoms with Crippen LogP contribution >= 0.6 is 0 Å². The normalized spacial score (nSPS) is 29.0. The van der Waals surface area contributed by atoms with Gasteiger partial charge < -0.3 is 14.7 Å². The third-order valence-corrected chi connectivity index (χ3v) is 3.10. The Balaban J connectivity index is 1.57. The van der Waals surface area contributed by atoms with Gasteiger partial charge in [0.1, 0.15) is 0 Å². The summed E-state index contributed by atoms with van der Waals surface area (Å²) in [6, 6.07) is 0. The summed E-state index contributed by atoms with van der Waals surface area (Å²) < 4.78 is 5.50. The fourth-order valence-corrected chi connectivity index (χ4v) is 2.11. The number of ether oxygens (including phenoxy) is 1. The number of rotatable bonds is 4. The summed E-state index contributed by atoms with van der Waals surface area (Å²) in [6.45, 7) is 3.35. The van der Waals surface area contributed by atoms with E-state index in [1.54, 1.807) is 0 Å². The predicted octanol–water partition coefficient (Wildman–Crippen LogP) is 0.572. The molecule has 0 aromatic rings. The summed E-state index contributed by atoms with van der Waals surface area (Å²) in [6.07, 6.45) is 3.85. The lowest BCUT2D eigenvalue weighted by atomic mass is 10.00. The highest BCUT2D eigenvalue weighted by molar-refractivity contribution is 5.71. The average molecular weight is 199 g/mol. The first-order valence-electron chi connectivity index (χ1n) is 5.32. The highest BCUT2D eigenvalue weighted by Crippen LogP contribution is 2.19. The summed E-state index contributed by atoms with van der Waals surface area (Å²) in [7, 11) is 0. The second-order valence-corrected chi connectivity index (χ2v) is 4.22. The molecule has 2 heterocycles. The molecule has 14 heavy (non-hydrogen) atoms. The summed E-state index contributed by atoms with van der Waals surface area (Å²) in [5.74, 6) is -0.780. The minimum absolute atomic E-state index is 0.125. The lowest BCUT2D eigenvalue weighted by Crippen LogP contribution is -2.50. The zero-order valence-corrected chi connectivity index (χ0v) is 8.32. The van der Waals surface area contributed by atoms with Gasteiger partial charge in [0.25, 0.3) is 0 Å². The van der Waals surface area contributed by atoms with Crippen molar-refractivity contribution in [2.75, 3.05) is 26.2 Å². The van der Waals surface area contributed by atoms with Crippen LogP contribution in [0.3, 0.4) is 0 Å². The van der Waals surface area contributed by atoms with E-state index in [4.69, 9.17) is 9.84 Å². The van der Waals surface area contributed by atoms with Crippen molar-refractivity contribution in [2.45, 2.75) is 25.4 Å². The number of carboxylic acids is 1. The molecular weight excluding hydrogens is 182 g/mol. The van der Waals surface area contributed by atoms with Gasteiger partial charge in [-0.2, -0.15) is 0 Å². The molecule has 1 atom stereocenters. The van der Waals surface area contributed by atoms with Gasteiger partial charge in [-0.15, -0.1) is 0 Å². The largest absolute Gasteiger partial charge is 0.481 e. The topological polar surface area (TPSA) is 49.8 Å². The van der Waals surface area contributed by atoms with E-state index in [0.717, 1.165) is 32.7 Å². The van der Waals surface area contributed by atoms with Crippen LogP contribution in [0.4, 0.5) is 0 Å². The van der Waals surface area contributed by atoms with Crippen molar-refractivity contribution in [3.8, 4) is 0 Å². The van der Waals surface area contributed by atoms with E-state index >= 15 is 0 Å². The molecule has 0 aliphatic carbocycles. The second kappa shape index (κ2) is 4.28. The van der Waals surface area contributed by atoms with Crippen LogP contribution in [0.1, 0.15) is 19.3 Å². The number of likely N-dealkylation sites (tertiary alicyclic amines) is 1. The van der Waals surface area contributed by atoms with Crippen LogP contribution in [0.15, 0.2) is 0 Å². The molecule has 2 aliphatic heterocycles. The fourth-order valence-electron chi connectivity index (χ4n) is 2.11. The zero-order valence-electron chi connectivity index (χ0n) is 8.32.